The molecule has 136 valence electrons. The minimum absolute atomic E-state index is 0.0356. The highest BCUT2D eigenvalue weighted by atomic mass is 32.2. The van der Waals surface area contributed by atoms with Gasteiger partial charge in [-0.3, -0.25) is 4.79 Å². The molecule has 0 aromatic heterocycles. The smallest absolute Gasteiger partial charge is 0.251 e. The number of amides is 1. The van der Waals surface area contributed by atoms with E-state index in [1.807, 2.05) is 13.8 Å². The molecule has 0 radical (unpaired) electrons. The molecular weight excluding hydrogens is 332 g/mol. The van der Waals surface area contributed by atoms with Gasteiger partial charge in [0.2, 0.25) is 10.0 Å². The summed E-state index contributed by atoms with van der Waals surface area (Å²) in [5.74, 6) is 0.0586. The minimum atomic E-state index is -3.42. The molecule has 0 atom stereocenters. The van der Waals surface area contributed by atoms with Crippen LogP contribution in [-0.4, -0.2) is 53.0 Å². The Balaban J connectivity index is 2.30. The number of hydrogen-bond donors (Lipinski definition) is 2. The summed E-state index contributed by atoms with van der Waals surface area (Å²) in [4.78, 5) is 12.0. The summed E-state index contributed by atoms with van der Waals surface area (Å²) in [6.45, 7) is 4.71. The van der Waals surface area contributed by atoms with Gasteiger partial charge in [0.1, 0.15) is 5.75 Å². The van der Waals surface area contributed by atoms with Gasteiger partial charge < -0.3 is 14.8 Å². The van der Waals surface area contributed by atoms with E-state index in [0.29, 0.717) is 30.9 Å². The van der Waals surface area contributed by atoms with Crippen molar-refractivity contribution in [1.82, 2.24) is 10.0 Å². The average Bonchev–Trinajstić information content (AvgIpc) is 2.54. The molecule has 1 amide bonds. The fourth-order valence-electron chi connectivity index (χ4n) is 1.86. The lowest BCUT2D eigenvalue weighted by atomic mass is 10.2. The minimum Gasteiger partial charge on any atom is -0.497 e. The summed E-state index contributed by atoms with van der Waals surface area (Å²) in [6, 6.07) is 6.66. The molecule has 1 aromatic rings. The van der Waals surface area contributed by atoms with Crippen molar-refractivity contribution < 1.29 is 22.7 Å². The Morgan fingerprint density at radius 3 is 2.67 bits per heavy atom. The molecular formula is C16H26N2O5S. The lowest BCUT2D eigenvalue weighted by molar-refractivity contribution is 0.0778. The van der Waals surface area contributed by atoms with Gasteiger partial charge in [-0.2, -0.15) is 0 Å². The Bertz CT molecular complexity index is 617. The van der Waals surface area contributed by atoms with Gasteiger partial charge in [-0.25, -0.2) is 13.1 Å². The van der Waals surface area contributed by atoms with E-state index in [9.17, 15) is 13.2 Å². The van der Waals surface area contributed by atoms with E-state index in [4.69, 9.17) is 9.47 Å². The number of benzene rings is 1. The van der Waals surface area contributed by atoms with Crippen LogP contribution in [-0.2, 0) is 14.8 Å². The maximum Gasteiger partial charge on any atom is 0.251 e. The summed E-state index contributed by atoms with van der Waals surface area (Å²) in [6.07, 6.45) is 0.738. The van der Waals surface area contributed by atoms with E-state index >= 15 is 0 Å². The van der Waals surface area contributed by atoms with E-state index in [0.717, 1.165) is 0 Å². The van der Waals surface area contributed by atoms with E-state index in [2.05, 4.69) is 10.0 Å². The van der Waals surface area contributed by atoms with Crippen LogP contribution in [0.15, 0.2) is 24.3 Å². The van der Waals surface area contributed by atoms with E-state index in [-0.39, 0.29) is 24.3 Å². The zero-order chi connectivity index (χ0) is 18.0. The van der Waals surface area contributed by atoms with Crippen molar-refractivity contribution in [3.05, 3.63) is 29.8 Å². The van der Waals surface area contributed by atoms with Gasteiger partial charge in [0.25, 0.3) is 5.91 Å². The van der Waals surface area contributed by atoms with Crippen LogP contribution >= 0.6 is 0 Å². The van der Waals surface area contributed by atoms with Crippen molar-refractivity contribution in [3.8, 4) is 5.75 Å². The summed E-state index contributed by atoms with van der Waals surface area (Å²) in [7, 11) is -1.90. The second-order valence-corrected chi connectivity index (χ2v) is 7.40. The molecule has 0 aliphatic carbocycles. The first-order valence-corrected chi connectivity index (χ1v) is 9.50. The number of methoxy groups -OCH3 is 1. The molecule has 0 unspecified atom stereocenters. The zero-order valence-electron chi connectivity index (χ0n) is 14.4. The maximum atomic E-state index is 12.0. The van der Waals surface area contributed by atoms with Crippen LogP contribution < -0.4 is 14.8 Å². The Morgan fingerprint density at radius 2 is 2.00 bits per heavy atom. The Kier molecular flexibility index (Phi) is 8.73. The topological polar surface area (TPSA) is 93.7 Å². The highest BCUT2D eigenvalue weighted by Gasteiger charge is 2.11. The fraction of sp³-hybridized carbons (Fsp3) is 0.562. The number of rotatable bonds is 11. The first-order chi connectivity index (χ1) is 11.3. The van der Waals surface area contributed by atoms with Crippen molar-refractivity contribution in [3.63, 3.8) is 0 Å². The van der Waals surface area contributed by atoms with Crippen molar-refractivity contribution in [2.45, 2.75) is 26.4 Å². The van der Waals surface area contributed by atoms with Crippen molar-refractivity contribution in [2.75, 3.05) is 32.6 Å². The van der Waals surface area contributed by atoms with Gasteiger partial charge in [-0.1, -0.05) is 6.07 Å². The molecule has 0 saturated heterocycles. The van der Waals surface area contributed by atoms with Crippen LogP contribution in [0, 0.1) is 0 Å². The highest BCUT2D eigenvalue weighted by Crippen LogP contribution is 2.12. The second kappa shape index (κ2) is 10.3. The number of nitrogens with one attached hydrogen (secondary N) is 2. The standard InChI is InChI=1S/C16H26N2O5S/c1-13(2)23-10-5-8-18-24(20,21)11-9-17-16(19)14-6-4-7-15(12-14)22-3/h4,6-7,12-13,18H,5,8-11H2,1-3H3,(H,17,19). The summed E-state index contributed by atoms with van der Waals surface area (Å²) in [5, 5.41) is 2.58. The van der Waals surface area contributed by atoms with E-state index < -0.39 is 10.0 Å². The predicted molar refractivity (Wildman–Crippen MR) is 92.8 cm³/mol. The highest BCUT2D eigenvalue weighted by molar-refractivity contribution is 7.89. The van der Waals surface area contributed by atoms with Crippen LogP contribution in [0.5, 0.6) is 5.75 Å². The molecule has 1 aromatic carbocycles. The van der Waals surface area contributed by atoms with Gasteiger partial charge in [0, 0.05) is 25.3 Å². The molecule has 0 aliphatic heterocycles. The number of hydrogen-bond acceptors (Lipinski definition) is 5. The normalized spacial score (nSPS) is 11.5. The van der Waals surface area contributed by atoms with Crippen LogP contribution in [0.1, 0.15) is 30.6 Å². The van der Waals surface area contributed by atoms with Gasteiger partial charge in [-0.05, 0) is 38.5 Å². The fourth-order valence-corrected chi connectivity index (χ4v) is 2.83. The zero-order valence-corrected chi connectivity index (χ0v) is 15.2. The monoisotopic (exact) mass is 358 g/mol. The molecule has 0 spiro atoms. The van der Waals surface area contributed by atoms with Crippen LogP contribution in [0.4, 0.5) is 0 Å². The predicted octanol–water partition coefficient (Wildman–Crippen LogP) is 1.16. The molecule has 0 saturated carbocycles. The van der Waals surface area contributed by atoms with Crippen LogP contribution in [0.25, 0.3) is 0 Å². The molecule has 0 fully saturated rings. The SMILES string of the molecule is COc1cccc(C(=O)NCCS(=O)(=O)NCCCOC(C)C)c1. The Labute approximate surface area is 143 Å². The summed E-state index contributed by atoms with van der Waals surface area (Å²) < 4.78 is 36.5. The van der Waals surface area contributed by atoms with Gasteiger partial charge >= 0.3 is 0 Å². The number of sulfonamides is 1. The maximum absolute atomic E-state index is 12.0. The largest absolute Gasteiger partial charge is 0.497 e. The number of ether oxygens (including phenoxy) is 2. The lowest BCUT2D eigenvalue weighted by Gasteiger charge is -2.10. The molecule has 2 N–H and O–H groups in total. The first-order valence-electron chi connectivity index (χ1n) is 7.85. The molecule has 0 bridgehead atoms. The van der Waals surface area contributed by atoms with Crippen LogP contribution in [0.3, 0.4) is 0 Å². The number of carbonyl (C=O) groups excluding carboxylic acids is 1. The summed E-state index contributed by atoms with van der Waals surface area (Å²) in [5.41, 5.74) is 0.422. The average molecular weight is 358 g/mol. The van der Waals surface area contributed by atoms with Crippen LogP contribution in [0.2, 0.25) is 0 Å². The van der Waals surface area contributed by atoms with Gasteiger partial charge in [-0.15, -0.1) is 0 Å². The molecule has 8 heteroatoms. The molecule has 1 rings (SSSR count). The third-order valence-corrected chi connectivity index (χ3v) is 4.47. The van der Waals surface area contributed by atoms with E-state index in [1.54, 1.807) is 24.3 Å². The van der Waals surface area contributed by atoms with Gasteiger partial charge in [0.15, 0.2) is 0 Å². The molecule has 24 heavy (non-hydrogen) atoms. The Morgan fingerprint density at radius 1 is 1.25 bits per heavy atom. The summed E-state index contributed by atoms with van der Waals surface area (Å²) >= 11 is 0. The van der Waals surface area contributed by atoms with Crippen molar-refractivity contribution in [2.24, 2.45) is 0 Å². The molecule has 7 nitrogen and oxygen atoms in total. The van der Waals surface area contributed by atoms with Crippen molar-refractivity contribution in [1.29, 1.82) is 0 Å². The van der Waals surface area contributed by atoms with Crippen molar-refractivity contribution >= 4 is 15.9 Å². The first kappa shape index (κ1) is 20.4. The molecule has 0 heterocycles. The van der Waals surface area contributed by atoms with Gasteiger partial charge in [0.05, 0.1) is 19.0 Å². The lowest BCUT2D eigenvalue weighted by Crippen LogP contribution is -2.35. The third kappa shape index (κ3) is 8.28. The second-order valence-electron chi connectivity index (χ2n) is 5.47. The third-order valence-electron chi connectivity index (χ3n) is 3.08. The van der Waals surface area contributed by atoms with E-state index in [1.165, 1.54) is 7.11 Å². The Hall–Kier alpha value is -1.64. The molecule has 0 aliphatic rings. The number of carbonyl (C=O) groups is 1. The quantitative estimate of drug-likeness (QED) is 0.579.